The van der Waals surface area contributed by atoms with E-state index in [1.165, 1.54) is 18.2 Å². The molecule has 3 aromatic rings. The number of carbonyl (C=O) groups excluding carboxylic acids is 2. The van der Waals surface area contributed by atoms with E-state index < -0.39 is 5.82 Å². The molecule has 33 heavy (non-hydrogen) atoms. The zero-order valence-corrected chi connectivity index (χ0v) is 19.5. The van der Waals surface area contributed by atoms with Crippen LogP contribution >= 0.6 is 23.2 Å². The van der Waals surface area contributed by atoms with E-state index in [0.29, 0.717) is 35.2 Å². The average Bonchev–Trinajstić information content (AvgIpc) is 3.22. The van der Waals surface area contributed by atoms with Crippen LogP contribution in [0.4, 0.5) is 4.39 Å². The molecular weight excluding hydrogens is 468 g/mol. The van der Waals surface area contributed by atoms with Crippen molar-refractivity contribution in [3.05, 3.63) is 64.1 Å². The van der Waals surface area contributed by atoms with Gasteiger partial charge in [-0.05, 0) is 74.7 Å². The predicted molar refractivity (Wildman–Crippen MR) is 126 cm³/mol. The van der Waals surface area contributed by atoms with Crippen LogP contribution in [-0.2, 0) is 4.79 Å². The first-order valence-electron chi connectivity index (χ1n) is 10.9. The van der Waals surface area contributed by atoms with Crippen LogP contribution in [0.3, 0.4) is 0 Å². The number of carbonyl (C=O) groups is 2. The molecule has 0 spiro atoms. The van der Waals surface area contributed by atoms with Crippen LogP contribution in [0.5, 0.6) is 5.75 Å². The molecule has 0 aliphatic carbocycles. The Hall–Kier alpha value is -2.41. The van der Waals surface area contributed by atoms with Crippen molar-refractivity contribution in [3.8, 4) is 5.75 Å². The van der Waals surface area contributed by atoms with Gasteiger partial charge in [0.1, 0.15) is 23.8 Å². The number of piperidine rings is 1. The molecule has 4 rings (SSSR count). The molecule has 0 amide bonds. The normalized spacial score (nSPS) is 15.1. The monoisotopic (exact) mass is 491 g/mol. The summed E-state index contributed by atoms with van der Waals surface area (Å²) >= 11 is 11.6. The lowest BCUT2D eigenvalue weighted by Gasteiger charge is -2.31. The van der Waals surface area contributed by atoms with E-state index >= 15 is 0 Å². The fourth-order valence-electron chi connectivity index (χ4n) is 4.07. The molecule has 5 nitrogen and oxygen atoms in total. The first-order chi connectivity index (χ1) is 15.9. The Balaban J connectivity index is 1.17. The lowest BCUT2D eigenvalue weighted by molar-refractivity contribution is -0.122. The maximum Gasteiger partial charge on any atom is 0.198 e. The molecule has 174 valence electrons. The highest BCUT2D eigenvalue weighted by Crippen LogP contribution is 2.26. The molecule has 1 aliphatic rings. The smallest absolute Gasteiger partial charge is 0.198 e. The van der Waals surface area contributed by atoms with E-state index in [4.69, 9.17) is 32.4 Å². The van der Waals surface area contributed by atoms with Gasteiger partial charge < -0.3 is 9.15 Å². The number of fused-ring (bicyclic) bond motifs is 1. The molecule has 0 N–H and O–H groups in total. The molecule has 1 fully saturated rings. The van der Waals surface area contributed by atoms with E-state index in [2.05, 4.69) is 4.90 Å². The molecule has 1 aromatic heterocycles. The van der Waals surface area contributed by atoms with Gasteiger partial charge in [-0.25, -0.2) is 4.39 Å². The number of ether oxygens (including phenoxy) is 1. The van der Waals surface area contributed by atoms with Crippen molar-refractivity contribution in [3.63, 3.8) is 0 Å². The predicted octanol–water partition coefficient (Wildman–Crippen LogP) is 6.20. The lowest BCUT2D eigenvalue weighted by atomic mass is 9.91. The number of Topliss-reactive ketones (excluding diaryl/α,β-unsaturated/α-hetero) is 2. The van der Waals surface area contributed by atoms with Crippen molar-refractivity contribution < 1.29 is 23.1 Å². The fourth-order valence-corrected chi connectivity index (χ4v) is 4.37. The number of hydrogen-bond acceptors (Lipinski definition) is 5. The summed E-state index contributed by atoms with van der Waals surface area (Å²) in [6.07, 6.45) is 3.09. The van der Waals surface area contributed by atoms with Crippen LogP contribution in [-0.4, -0.2) is 42.7 Å². The Kier molecular flexibility index (Phi) is 7.68. The van der Waals surface area contributed by atoms with E-state index in [0.717, 1.165) is 37.7 Å². The molecule has 0 atom stereocenters. The number of nitrogens with zero attached hydrogens (tertiary/aromatic N) is 1. The fraction of sp³-hybridized carbons (Fsp3) is 0.360. The third-order valence-corrected chi connectivity index (χ3v) is 6.47. The van der Waals surface area contributed by atoms with Gasteiger partial charge in [-0.15, -0.1) is 0 Å². The molecule has 0 saturated carbocycles. The minimum atomic E-state index is -0.577. The van der Waals surface area contributed by atoms with E-state index in [1.54, 1.807) is 24.3 Å². The molecule has 8 heteroatoms. The third kappa shape index (κ3) is 6.34. The lowest BCUT2D eigenvalue weighted by Crippen LogP contribution is -2.38. The molecular formula is C25H24Cl2FNO4. The number of halogens is 3. The standard InChI is InChI=1S/C25H24Cl2FNO4/c26-18-2-6-24-17(11-18)12-25(33-24)23(31)5-1-16-7-9-29(10-8-16)14-19(30)15-32-20-3-4-21(27)22(28)13-20/h2-4,6,11-13,16H,1,5,7-10,14-15H2. The van der Waals surface area contributed by atoms with Gasteiger partial charge in [-0.3, -0.25) is 14.5 Å². The Labute approximate surface area is 201 Å². The van der Waals surface area contributed by atoms with Gasteiger partial charge in [0.05, 0.1) is 11.6 Å². The summed E-state index contributed by atoms with van der Waals surface area (Å²) in [5.41, 5.74) is 0.658. The Morgan fingerprint density at radius 2 is 1.88 bits per heavy atom. The van der Waals surface area contributed by atoms with E-state index in [1.807, 2.05) is 0 Å². The van der Waals surface area contributed by atoms with Crippen molar-refractivity contribution >= 4 is 45.7 Å². The van der Waals surface area contributed by atoms with E-state index in [-0.39, 0.29) is 28.9 Å². The van der Waals surface area contributed by atoms with Crippen molar-refractivity contribution in [2.24, 2.45) is 5.92 Å². The van der Waals surface area contributed by atoms with Crippen LogP contribution in [0, 0.1) is 11.7 Å². The second-order valence-electron chi connectivity index (χ2n) is 8.38. The summed E-state index contributed by atoms with van der Waals surface area (Å²) in [6, 6.07) is 11.1. The minimum Gasteiger partial charge on any atom is -0.486 e. The van der Waals surface area contributed by atoms with Gasteiger partial charge in [0.15, 0.2) is 17.3 Å². The summed E-state index contributed by atoms with van der Waals surface area (Å²) in [5, 5.41) is 1.45. The number of benzene rings is 2. The summed E-state index contributed by atoms with van der Waals surface area (Å²) in [4.78, 5) is 26.9. The zero-order valence-electron chi connectivity index (χ0n) is 18.0. The van der Waals surface area contributed by atoms with Crippen molar-refractivity contribution in [1.29, 1.82) is 0 Å². The molecule has 1 saturated heterocycles. The van der Waals surface area contributed by atoms with Crippen molar-refractivity contribution in [2.75, 3.05) is 26.2 Å². The highest BCUT2D eigenvalue weighted by Gasteiger charge is 2.22. The first-order valence-corrected chi connectivity index (χ1v) is 11.7. The molecule has 2 heterocycles. The van der Waals surface area contributed by atoms with Crippen molar-refractivity contribution in [2.45, 2.75) is 25.7 Å². The number of ketones is 2. The molecule has 0 unspecified atom stereocenters. The summed E-state index contributed by atoms with van der Waals surface area (Å²) in [5.74, 6) is 0.441. The molecule has 0 radical (unpaired) electrons. The highest BCUT2D eigenvalue weighted by molar-refractivity contribution is 6.31. The van der Waals surface area contributed by atoms with Gasteiger partial charge in [0.25, 0.3) is 0 Å². The van der Waals surface area contributed by atoms with Gasteiger partial charge in [0.2, 0.25) is 0 Å². The average molecular weight is 492 g/mol. The second-order valence-corrected chi connectivity index (χ2v) is 9.22. The summed E-state index contributed by atoms with van der Waals surface area (Å²) in [6.45, 7) is 1.77. The summed E-state index contributed by atoms with van der Waals surface area (Å²) < 4.78 is 24.5. The van der Waals surface area contributed by atoms with Gasteiger partial charge in [0, 0.05) is 22.9 Å². The van der Waals surface area contributed by atoms with E-state index in [9.17, 15) is 14.0 Å². The Bertz CT molecular complexity index is 1150. The van der Waals surface area contributed by atoms with Gasteiger partial charge in [-0.1, -0.05) is 23.2 Å². The number of hydrogen-bond donors (Lipinski definition) is 0. The van der Waals surface area contributed by atoms with Crippen LogP contribution in [0.1, 0.15) is 36.2 Å². The second kappa shape index (κ2) is 10.7. The van der Waals surface area contributed by atoms with Crippen LogP contribution in [0.25, 0.3) is 11.0 Å². The van der Waals surface area contributed by atoms with Crippen molar-refractivity contribution in [1.82, 2.24) is 4.90 Å². The number of rotatable bonds is 9. The topological polar surface area (TPSA) is 59.8 Å². The van der Waals surface area contributed by atoms with Crippen LogP contribution in [0.15, 0.2) is 46.9 Å². The van der Waals surface area contributed by atoms with Gasteiger partial charge >= 0.3 is 0 Å². The largest absolute Gasteiger partial charge is 0.486 e. The minimum absolute atomic E-state index is 0.00397. The molecule has 1 aliphatic heterocycles. The van der Waals surface area contributed by atoms with Crippen LogP contribution < -0.4 is 4.74 Å². The quantitative estimate of drug-likeness (QED) is 0.333. The van der Waals surface area contributed by atoms with Gasteiger partial charge in [-0.2, -0.15) is 0 Å². The Morgan fingerprint density at radius 1 is 1.09 bits per heavy atom. The third-order valence-electron chi connectivity index (χ3n) is 5.93. The maximum absolute atomic E-state index is 13.4. The number of likely N-dealkylation sites (tertiary alicyclic amines) is 1. The van der Waals surface area contributed by atoms with Crippen LogP contribution in [0.2, 0.25) is 10.0 Å². The zero-order chi connectivity index (χ0) is 23.4. The molecule has 2 aromatic carbocycles. The SMILES string of the molecule is O=C(COc1ccc(Cl)c(F)c1)CN1CCC(CCC(=O)c2cc3cc(Cl)ccc3o2)CC1. The summed E-state index contributed by atoms with van der Waals surface area (Å²) in [7, 11) is 0. The maximum atomic E-state index is 13.4. The first kappa shape index (κ1) is 23.7. The highest BCUT2D eigenvalue weighted by atomic mass is 35.5. The molecule has 0 bridgehead atoms. The Morgan fingerprint density at radius 3 is 2.64 bits per heavy atom. The number of furan rings is 1.